The molecule has 28 heavy (non-hydrogen) atoms. The SMILES string of the molecule is COc1ccc(CCC2CCN(C(=O)CNC(=O)c3ccc(Br)o3)CC2)cc1. The molecule has 0 bridgehead atoms. The van der Waals surface area contributed by atoms with Gasteiger partial charge in [-0.15, -0.1) is 0 Å². The predicted octanol–water partition coefficient (Wildman–Crippen LogP) is 3.65. The van der Waals surface area contributed by atoms with Crippen molar-refractivity contribution in [1.29, 1.82) is 0 Å². The van der Waals surface area contributed by atoms with E-state index >= 15 is 0 Å². The van der Waals surface area contributed by atoms with Gasteiger partial charge in [0.1, 0.15) is 5.75 Å². The second-order valence-corrected chi connectivity index (χ2v) is 7.78. The Balaban J connectivity index is 1.37. The molecule has 2 aromatic rings. The number of benzene rings is 1. The zero-order valence-electron chi connectivity index (χ0n) is 15.9. The van der Waals surface area contributed by atoms with E-state index < -0.39 is 0 Å². The van der Waals surface area contributed by atoms with Gasteiger partial charge >= 0.3 is 0 Å². The molecule has 1 fully saturated rings. The Bertz CT molecular complexity index is 795. The van der Waals surface area contributed by atoms with Gasteiger partial charge in [-0.05, 0) is 77.4 Å². The van der Waals surface area contributed by atoms with Crippen LogP contribution in [0.4, 0.5) is 0 Å². The van der Waals surface area contributed by atoms with Gasteiger partial charge in [-0.2, -0.15) is 0 Å². The smallest absolute Gasteiger partial charge is 0.287 e. The van der Waals surface area contributed by atoms with Gasteiger partial charge in [0.2, 0.25) is 5.91 Å². The van der Waals surface area contributed by atoms with Crippen LogP contribution in [-0.2, 0) is 11.2 Å². The quantitative estimate of drug-likeness (QED) is 0.701. The Morgan fingerprint density at radius 3 is 2.50 bits per heavy atom. The molecular formula is C21H25BrN2O4. The van der Waals surface area contributed by atoms with Crippen LogP contribution in [0.15, 0.2) is 45.5 Å². The lowest BCUT2D eigenvalue weighted by Crippen LogP contribution is -2.44. The topological polar surface area (TPSA) is 71.8 Å². The predicted molar refractivity (Wildman–Crippen MR) is 109 cm³/mol. The summed E-state index contributed by atoms with van der Waals surface area (Å²) >= 11 is 3.16. The highest BCUT2D eigenvalue weighted by Gasteiger charge is 2.23. The summed E-state index contributed by atoms with van der Waals surface area (Å²) in [5, 5.41) is 2.62. The molecule has 0 unspecified atom stereocenters. The third-order valence-electron chi connectivity index (χ3n) is 5.16. The molecule has 150 valence electrons. The fourth-order valence-corrected chi connectivity index (χ4v) is 3.73. The number of carbonyl (C=O) groups is 2. The first kappa shape index (κ1) is 20.5. The van der Waals surface area contributed by atoms with Gasteiger partial charge < -0.3 is 19.4 Å². The number of carbonyl (C=O) groups excluding carboxylic acids is 2. The monoisotopic (exact) mass is 448 g/mol. The van der Waals surface area contributed by atoms with Crippen LogP contribution >= 0.6 is 15.9 Å². The number of rotatable bonds is 7. The molecule has 0 aliphatic carbocycles. The van der Waals surface area contributed by atoms with Crippen LogP contribution in [0, 0.1) is 5.92 Å². The maximum atomic E-state index is 12.3. The van der Waals surface area contributed by atoms with Crippen molar-refractivity contribution in [3.63, 3.8) is 0 Å². The van der Waals surface area contributed by atoms with Crippen LogP contribution in [0.25, 0.3) is 0 Å². The summed E-state index contributed by atoms with van der Waals surface area (Å²) in [5.41, 5.74) is 1.31. The molecule has 0 spiro atoms. The number of likely N-dealkylation sites (tertiary alicyclic amines) is 1. The molecular weight excluding hydrogens is 424 g/mol. The van der Waals surface area contributed by atoms with E-state index in [0.717, 1.165) is 44.5 Å². The third-order valence-corrected chi connectivity index (χ3v) is 5.59. The van der Waals surface area contributed by atoms with E-state index in [-0.39, 0.29) is 24.1 Å². The average Bonchev–Trinajstić information content (AvgIpc) is 3.17. The van der Waals surface area contributed by atoms with Crippen LogP contribution in [0.5, 0.6) is 5.75 Å². The number of nitrogens with one attached hydrogen (secondary N) is 1. The van der Waals surface area contributed by atoms with E-state index in [1.165, 1.54) is 5.56 Å². The molecule has 1 aromatic carbocycles. The molecule has 2 amide bonds. The Morgan fingerprint density at radius 2 is 1.89 bits per heavy atom. The number of ether oxygens (including phenoxy) is 1. The van der Waals surface area contributed by atoms with Crippen LogP contribution in [0.3, 0.4) is 0 Å². The highest BCUT2D eigenvalue weighted by atomic mass is 79.9. The van der Waals surface area contributed by atoms with Crippen molar-refractivity contribution < 1.29 is 18.7 Å². The first-order valence-electron chi connectivity index (χ1n) is 9.49. The van der Waals surface area contributed by atoms with Crippen molar-refractivity contribution in [2.24, 2.45) is 5.92 Å². The van der Waals surface area contributed by atoms with Crippen molar-refractivity contribution in [3.05, 3.63) is 52.4 Å². The van der Waals surface area contributed by atoms with E-state index in [4.69, 9.17) is 9.15 Å². The molecule has 1 aromatic heterocycles. The zero-order valence-corrected chi connectivity index (χ0v) is 17.5. The van der Waals surface area contributed by atoms with E-state index in [0.29, 0.717) is 10.6 Å². The maximum Gasteiger partial charge on any atom is 0.287 e. The summed E-state index contributed by atoms with van der Waals surface area (Å²) in [7, 11) is 1.67. The Kier molecular flexibility index (Phi) is 7.14. The summed E-state index contributed by atoms with van der Waals surface area (Å²) in [6.45, 7) is 1.48. The second kappa shape index (κ2) is 9.78. The molecule has 3 rings (SSSR count). The van der Waals surface area contributed by atoms with Gasteiger partial charge in [0, 0.05) is 13.1 Å². The zero-order chi connectivity index (χ0) is 19.9. The Morgan fingerprint density at radius 1 is 1.18 bits per heavy atom. The average molecular weight is 449 g/mol. The maximum absolute atomic E-state index is 12.3. The minimum absolute atomic E-state index is 0.00628. The van der Waals surface area contributed by atoms with Crippen LogP contribution in [0.2, 0.25) is 0 Å². The minimum Gasteiger partial charge on any atom is -0.497 e. The van der Waals surface area contributed by atoms with Crippen molar-refractivity contribution >= 4 is 27.7 Å². The highest BCUT2D eigenvalue weighted by Crippen LogP contribution is 2.23. The van der Waals surface area contributed by atoms with E-state index in [9.17, 15) is 9.59 Å². The first-order valence-corrected chi connectivity index (χ1v) is 10.3. The molecule has 0 atom stereocenters. The molecule has 1 aliphatic rings. The van der Waals surface area contributed by atoms with Crippen molar-refractivity contribution in [3.8, 4) is 5.75 Å². The Hall–Kier alpha value is -2.28. The normalized spacial score (nSPS) is 14.7. The van der Waals surface area contributed by atoms with E-state index in [1.807, 2.05) is 17.0 Å². The summed E-state index contributed by atoms with van der Waals surface area (Å²) in [6.07, 6.45) is 4.16. The van der Waals surface area contributed by atoms with Crippen molar-refractivity contribution in [2.45, 2.75) is 25.7 Å². The first-order chi connectivity index (χ1) is 13.5. The van der Waals surface area contributed by atoms with Gasteiger partial charge in [-0.25, -0.2) is 0 Å². The minimum atomic E-state index is -0.381. The number of halogens is 1. The van der Waals surface area contributed by atoms with Gasteiger partial charge in [-0.1, -0.05) is 12.1 Å². The molecule has 1 saturated heterocycles. The molecule has 7 heteroatoms. The second-order valence-electron chi connectivity index (χ2n) is 7.00. The van der Waals surface area contributed by atoms with E-state index in [2.05, 4.69) is 33.4 Å². The lowest BCUT2D eigenvalue weighted by atomic mass is 9.90. The van der Waals surface area contributed by atoms with Gasteiger partial charge in [0.05, 0.1) is 13.7 Å². The molecule has 0 saturated carbocycles. The number of furan rings is 1. The summed E-state index contributed by atoms with van der Waals surface area (Å²) in [6, 6.07) is 11.4. The Labute approximate surface area is 173 Å². The fraction of sp³-hybridized carbons (Fsp3) is 0.429. The lowest BCUT2D eigenvalue weighted by molar-refractivity contribution is -0.131. The fourth-order valence-electron chi connectivity index (χ4n) is 3.43. The standard InChI is InChI=1S/C21H25BrN2O4/c1-27-17-6-4-15(5-7-17)2-3-16-10-12-24(13-11-16)20(25)14-23-21(26)18-8-9-19(22)28-18/h4-9,16H,2-3,10-14H2,1H3,(H,23,26). The number of nitrogens with zero attached hydrogens (tertiary/aromatic N) is 1. The van der Waals surface area contributed by atoms with Crippen molar-refractivity contribution in [1.82, 2.24) is 10.2 Å². The van der Waals surface area contributed by atoms with Crippen LogP contribution in [-0.4, -0.2) is 43.5 Å². The largest absolute Gasteiger partial charge is 0.497 e. The van der Waals surface area contributed by atoms with Crippen LogP contribution < -0.4 is 10.1 Å². The molecule has 2 heterocycles. The van der Waals surface area contributed by atoms with Gasteiger partial charge in [0.15, 0.2) is 10.4 Å². The lowest BCUT2D eigenvalue weighted by Gasteiger charge is -2.32. The summed E-state index contributed by atoms with van der Waals surface area (Å²) in [5.74, 6) is 1.27. The summed E-state index contributed by atoms with van der Waals surface area (Å²) in [4.78, 5) is 26.1. The number of aryl methyl sites for hydroxylation is 1. The number of hydrogen-bond acceptors (Lipinski definition) is 4. The number of amides is 2. The summed E-state index contributed by atoms with van der Waals surface area (Å²) < 4.78 is 10.9. The number of methoxy groups -OCH3 is 1. The van der Waals surface area contributed by atoms with Crippen LogP contribution in [0.1, 0.15) is 35.4 Å². The molecule has 0 radical (unpaired) electrons. The van der Waals surface area contributed by atoms with Gasteiger partial charge in [-0.3, -0.25) is 9.59 Å². The van der Waals surface area contributed by atoms with E-state index in [1.54, 1.807) is 19.2 Å². The number of hydrogen-bond donors (Lipinski definition) is 1. The van der Waals surface area contributed by atoms with Crippen molar-refractivity contribution in [2.75, 3.05) is 26.7 Å². The molecule has 6 nitrogen and oxygen atoms in total. The highest BCUT2D eigenvalue weighted by molar-refractivity contribution is 9.10. The third kappa shape index (κ3) is 5.61. The number of piperidine rings is 1. The molecule has 1 N–H and O–H groups in total. The molecule has 1 aliphatic heterocycles. The van der Waals surface area contributed by atoms with Gasteiger partial charge in [0.25, 0.3) is 5.91 Å².